The van der Waals surface area contributed by atoms with Gasteiger partial charge in [-0.2, -0.15) is 0 Å². The number of nitrogens with zero attached hydrogens (tertiary/aromatic N) is 1. The molecule has 0 aromatic heterocycles. The number of amides is 3. The molecule has 0 radical (unpaired) electrons. The van der Waals surface area contributed by atoms with Gasteiger partial charge in [0, 0.05) is 12.7 Å². The number of aliphatic hydroxyl groups is 1. The van der Waals surface area contributed by atoms with Crippen molar-refractivity contribution >= 4 is 23.6 Å². The maximum Gasteiger partial charge on any atom is 0.410 e. The number of hydrogen-bond acceptors (Lipinski definition) is 5. The van der Waals surface area contributed by atoms with E-state index in [4.69, 9.17) is 15.6 Å². The number of nitrogens with one attached hydrogen (secondary N) is 1. The van der Waals surface area contributed by atoms with Crippen molar-refractivity contribution in [3.8, 4) is 0 Å². The van der Waals surface area contributed by atoms with E-state index in [9.17, 15) is 14.4 Å². The van der Waals surface area contributed by atoms with Gasteiger partial charge in [-0.3, -0.25) is 14.5 Å². The first-order valence-electron chi connectivity index (χ1n) is 7.94. The average Bonchev–Trinajstić information content (AvgIpc) is 2.53. The van der Waals surface area contributed by atoms with Crippen LogP contribution in [0.2, 0.25) is 0 Å². The third kappa shape index (κ3) is 6.42. The van der Waals surface area contributed by atoms with Crippen LogP contribution in [0.1, 0.15) is 25.8 Å². The second-order valence-electron chi connectivity index (χ2n) is 5.98. The van der Waals surface area contributed by atoms with Crippen LogP contribution in [-0.4, -0.2) is 47.6 Å². The molecule has 0 bridgehead atoms. The van der Waals surface area contributed by atoms with Gasteiger partial charge in [0.2, 0.25) is 11.8 Å². The minimum Gasteiger partial charge on any atom is -0.445 e. The van der Waals surface area contributed by atoms with Gasteiger partial charge >= 0.3 is 6.09 Å². The number of ether oxygens (including phenoxy) is 1. The van der Waals surface area contributed by atoms with E-state index in [0.29, 0.717) is 5.69 Å². The van der Waals surface area contributed by atoms with Crippen LogP contribution in [0, 0.1) is 5.92 Å². The summed E-state index contributed by atoms with van der Waals surface area (Å²) in [5.74, 6) is -0.997. The Labute approximate surface area is 146 Å². The molecule has 0 aliphatic heterocycles. The molecule has 0 fully saturated rings. The largest absolute Gasteiger partial charge is 0.445 e. The Morgan fingerprint density at radius 3 is 2.32 bits per heavy atom. The predicted molar refractivity (Wildman–Crippen MR) is 92.5 cm³/mol. The van der Waals surface area contributed by atoms with E-state index in [2.05, 4.69) is 5.32 Å². The lowest BCUT2D eigenvalue weighted by atomic mass is 10.0. The number of primary amides is 1. The number of hydrogen-bond donors (Lipinski definition) is 3. The zero-order valence-electron chi connectivity index (χ0n) is 14.7. The van der Waals surface area contributed by atoms with Gasteiger partial charge in [0.15, 0.2) is 0 Å². The number of aliphatic hydroxyl groups excluding tert-OH is 1. The molecule has 1 aromatic rings. The first-order valence-corrected chi connectivity index (χ1v) is 7.94. The Morgan fingerprint density at radius 1 is 1.24 bits per heavy atom. The molecule has 0 spiro atoms. The molecule has 0 aliphatic carbocycles. The second-order valence-corrected chi connectivity index (χ2v) is 5.98. The van der Waals surface area contributed by atoms with Crippen molar-refractivity contribution in [1.82, 2.24) is 4.90 Å². The van der Waals surface area contributed by atoms with Gasteiger partial charge in [-0.15, -0.1) is 0 Å². The predicted octanol–water partition coefficient (Wildman–Crippen LogP) is 1.09. The third-order valence-electron chi connectivity index (χ3n) is 3.57. The lowest BCUT2D eigenvalue weighted by molar-refractivity contribution is -0.123. The summed E-state index contributed by atoms with van der Waals surface area (Å²) in [7, 11) is 1.47. The number of carbonyl (C=O) groups is 3. The van der Waals surface area contributed by atoms with Crippen LogP contribution >= 0.6 is 0 Å². The maximum atomic E-state index is 12.1. The fourth-order valence-corrected chi connectivity index (χ4v) is 2.34. The monoisotopic (exact) mass is 351 g/mol. The lowest BCUT2D eigenvalue weighted by Crippen LogP contribution is -2.48. The molecule has 3 amide bonds. The summed E-state index contributed by atoms with van der Waals surface area (Å²) in [6.45, 7) is 3.40. The second kappa shape index (κ2) is 9.63. The molecular weight excluding hydrogens is 326 g/mol. The summed E-state index contributed by atoms with van der Waals surface area (Å²) in [6.07, 6.45) is -0.611. The molecule has 8 nitrogen and oxygen atoms in total. The molecule has 0 heterocycles. The summed E-state index contributed by atoms with van der Waals surface area (Å²) in [6, 6.07) is 6.01. The molecule has 1 atom stereocenters. The van der Waals surface area contributed by atoms with E-state index in [-0.39, 0.29) is 31.5 Å². The molecule has 4 N–H and O–H groups in total. The van der Waals surface area contributed by atoms with Gasteiger partial charge in [-0.05, 0) is 23.6 Å². The van der Waals surface area contributed by atoms with Gasteiger partial charge in [0.05, 0.1) is 13.0 Å². The molecule has 138 valence electrons. The molecule has 25 heavy (non-hydrogen) atoms. The number of anilines is 1. The standard InChI is InChI=1S/C17H25N3O5/c1-11(2)15(16(18)23)20(3)17(24)25-10-12-4-6-13(7-5-12)19-14(22)8-9-21/h4-7,11,15,21H,8-10H2,1-3H3,(H2,18,23)(H,19,22)/t15-/m0/s1. The highest BCUT2D eigenvalue weighted by molar-refractivity contribution is 5.90. The van der Waals surface area contributed by atoms with Crippen LogP contribution in [0.25, 0.3) is 0 Å². The van der Waals surface area contributed by atoms with Gasteiger partial charge in [-0.25, -0.2) is 4.79 Å². The SMILES string of the molecule is CC(C)[C@@H](C(N)=O)N(C)C(=O)OCc1ccc(NC(=O)CCO)cc1. The molecular formula is C17H25N3O5. The fourth-order valence-electron chi connectivity index (χ4n) is 2.34. The van der Waals surface area contributed by atoms with Crippen LogP contribution in [-0.2, 0) is 20.9 Å². The van der Waals surface area contributed by atoms with Crippen molar-refractivity contribution in [2.24, 2.45) is 11.7 Å². The maximum absolute atomic E-state index is 12.1. The zero-order chi connectivity index (χ0) is 19.0. The Bertz CT molecular complexity index is 601. The fraction of sp³-hybridized carbons (Fsp3) is 0.471. The lowest BCUT2D eigenvalue weighted by Gasteiger charge is -2.27. The Kier molecular flexibility index (Phi) is 7.87. The first kappa shape index (κ1) is 20.4. The van der Waals surface area contributed by atoms with Crippen molar-refractivity contribution < 1.29 is 24.2 Å². The van der Waals surface area contributed by atoms with E-state index in [1.165, 1.54) is 11.9 Å². The minimum absolute atomic E-state index is 0.0254. The summed E-state index contributed by atoms with van der Waals surface area (Å²) < 4.78 is 5.19. The van der Waals surface area contributed by atoms with Gasteiger partial charge < -0.3 is 20.9 Å². The normalized spacial score (nSPS) is 11.7. The molecule has 0 saturated carbocycles. The molecule has 8 heteroatoms. The number of carbonyl (C=O) groups excluding carboxylic acids is 3. The van der Waals surface area contributed by atoms with E-state index in [0.717, 1.165) is 5.56 Å². The topological polar surface area (TPSA) is 122 Å². The number of rotatable bonds is 8. The van der Waals surface area contributed by atoms with Gasteiger partial charge in [-0.1, -0.05) is 26.0 Å². The van der Waals surface area contributed by atoms with Gasteiger partial charge in [0.1, 0.15) is 12.6 Å². The van der Waals surface area contributed by atoms with Crippen molar-refractivity contribution in [3.05, 3.63) is 29.8 Å². The van der Waals surface area contributed by atoms with Crippen LogP contribution in [0.15, 0.2) is 24.3 Å². The van der Waals surface area contributed by atoms with E-state index in [1.54, 1.807) is 38.1 Å². The molecule has 0 unspecified atom stereocenters. The summed E-state index contributed by atoms with van der Waals surface area (Å²) in [5.41, 5.74) is 6.63. The summed E-state index contributed by atoms with van der Waals surface area (Å²) >= 11 is 0. The highest BCUT2D eigenvalue weighted by Crippen LogP contribution is 2.13. The Morgan fingerprint density at radius 2 is 1.84 bits per heavy atom. The van der Waals surface area contributed by atoms with Crippen molar-refractivity contribution in [2.45, 2.75) is 32.9 Å². The number of nitrogens with two attached hydrogens (primary N) is 1. The first-order chi connectivity index (χ1) is 11.8. The van der Waals surface area contributed by atoms with Crippen LogP contribution in [0.3, 0.4) is 0 Å². The number of benzene rings is 1. The average molecular weight is 351 g/mol. The number of likely N-dealkylation sites (N-methyl/N-ethyl adjacent to an activating group) is 1. The summed E-state index contributed by atoms with van der Waals surface area (Å²) in [4.78, 5) is 36.1. The highest BCUT2D eigenvalue weighted by Gasteiger charge is 2.28. The van der Waals surface area contributed by atoms with Crippen LogP contribution < -0.4 is 11.1 Å². The Hall–Kier alpha value is -2.61. The molecule has 0 saturated heterocycles. The van der Waals surface area contributed by atoms with Crippen LogP contribution in [0.4, 0.5) is 10.5 Å². The highest BCUT2D eigenvalue weighted by atomic mass is 16.6. The smallest absolute Gasteiger partial charge is 0.410 e. The van der Waals surface area contributed by atoms with E-state index >= 15 is 0 Å². The molecule has 0 aliphatic rings. The summed E-state index contributed by atoms with van der Waals surface area (Å²) in [5, 5.41) is 11.3. The third-order valence-corrected chi connectivity index (χ3v) is 3.57. The van der Waals surface area contributed by atoms with Crippen molar-refractivity contribution in [3.63, 3.8) is 0 Å². The van der Waals surface area contributed by atoms with E-state index < -0.39 is 18.0 Å². The van der Waals surface area contributed by atoms with E-state index in [1.807, 2.05) is 0 Å². The zero-order valence-corrected chi connectivity index (χ0v) is 14.7. The van der Waals surface area contributed by atoms with Gasteiger partial charge in [0.25, 0.3) is 0 Å². The molecule has 1 rings (SSSR count). The molecule has 1 aromatic carbocycles. The minimum atomic E-state index is -0.739. The van der Waals surface area contributed by atoms with Crippen molar-refractivity contribution in [2.75, 3.05) is 19.0 Å². The van der Waals surface area contributed by atoms with Crippen LogP contribution in [0.5, 0.6) is 0 Å². The quantitative estimate of drug-likeness (QED) is 0.647. The van der Waals surface area contributed by atoms with Crippen molar-refractivity contribution in [1.29, 1.82) is 0 Å². The Balaban J connectivity index is 2.58.